The summed E-state index contributed by atoms with van der Waals surface area (Å²) in [5.41, 5.74) is 2.52. The Morgan fingerprint density at radius 2 is 1.04 bits per heavy atom. The lowest BCUT2D eigenvalue weighted by Gasteiger charge is -1.92. The van der Waals surface area contributed by atoms with Gasteiger partial charge < -0.3 is 10.2 Å². The zero-order chi connectivity index (χ0) is 18.2. The van der Waals surface area contributed by atoms with Crippen LogP contribution in [0.15, 0.2) is 49.1 Å². The van der Waals surface area contributed by atoms with Crippen LogP contribution in [0.2, 0.25) is 0 Å². The molecule has 6 heteroatoms. The molecule has 0 amide bonds. The van der Waals surface area contributed by atoms with Crippen molar-refractivity contribution in [2.45, 2.75) is 39.5 Å². The molecule has 0 aliphatic heterocycles. The van der Waals surface area contributed by atoms with E-state index in [1.165, 1.54) is 11.1 Å². The lowest BCUT2D eigenvalue weighted by atomic mass is 10.2. The first-order valence-electron chi connectivity index (χ1n) is 7.58. The molecule has 2 N–H and O–H groups in total. The quantitative estimate of drug-likeness (QED) is 0.813. The van der Waals surface area contributed by atoms with Crippen LogP contribution in [0.25, 0.3) is 0 Å². The third-order valence-electron chi connectivity index (χ3n) is 2.73. The number of pyridine rings is 2. The van der Waals surface area contributed by atoms with Crippen molar-refractivity contribution in [1.82, 2.24) is 9.97 Å². The largest absolute Gasteiger partial charge is 0.481 e. The molecular formula is C18H24N2O4. The van der Waals surface area contributed by atoms with Crippen LogP contribution in [0.1, 0.15) is 36.8 Å². The van der Waals surface area contributed by atoms with Crippen molar-refractivity contribution in [2.24, 2.45) is 0 Å². The van der Waals surface area contributed by atoms with Crippen LogP contribution in [0.4, 0.5) is 0 Å². The highest BCUT2D eigenvalue weighted by atomic mass is 16.4. The molecule has 0 unspecified atom stereocenters. The maximum atomic E-state index is 9.90. The van der Waals surface area contributed by atoms with Crippen LogP contribution in [0, 0.1) is 13.8 Å². The van der Waals surface area contributed by atoms with E-state index in [4.69, 9.17) is 10.2 Å². The van der Waals surface area contributed by atoms with Gasteiger partial charge in [-0.1, -0.05) is 0 Å². The SMILES string of the molecule is Cc1ccncc1.Cc1ccncc1.O=C(O)CCCCC(=O)O. The Hall–Kier alpha value is -2.76. The van der Waals surface area contributed by atoms with Crippen molar-refractivity contribution in [3.8, 4) is 0 Å². The van der Waals surface area contributed by atoms with Gasteiger partial charge in [-0.2, -0.15) is 0 Å². The van der Waals surface area contributed by atoms with Crippen molar-refractivity contribution < 1.29 is 19.8 Å². The number of aryl methyl sites for hydroxylation is 2. The number of aromatic nitrogens is 2. The van der Waals surface area contributed by atoms with Crippen LogP contribution in [-0.2, 0) is 9.59 Å². The molecule has 2 rings (SSSR count). The molecule has 0 radical (unpaired) electrons. The summed E-state index contributed by atoms with van der Waals surface area (Å²) < 4.78 is 0. The summed E-state index contributed by atoms with van der Waals surface area (Å²) in [7, 11) is 0. The molecule has 130 valence electrons. The van der Waals surface area contributed by atoms with Gasteiger partial charge in [0.2, 0.25) is 0 Å². The van der Waals surface area contributed by atoms with Crippen LogP contribution < -0.4 is 0 Å². The molecule has 0 saturated carbocycles. The number of unbranched alkanes of at least 4 members (excludes halogenated alkanes) is 1. The van der Waals surface area contributed by atoms with E-state index in [2.05, 4.69) is 9.97 Å². The minimum absolute atomic E-state index is 0.0628. The fraction of sp³-hybridized carbons (Fsp3) is 0.333. The van der Waals surface area contributed by atoms with Gasteiger partial charge in [-0.15, -0.1) is 0 Å². The number of rotatable bonds is 5. The Morgan fingerprint density at radius 3 is 1.21 bits per heavy atom. The first-order chi connectivity index (χ1) is 11.4. The molecule has 2 heterocycles. The zero-order valence-electron chi connectivity index (χ0n) is 14.1. The van der Waals surface area contributed by atoms with E-state index in [0.717, 1.165) is 0 Å². The predicted molar refractivity (Wildman–Crippen MR) is 91.7 cm³/mol. The minimum atomic E-state index is -0.870. The molecule has 2 aromatic heterocycles. The topological polar surface area (TPSA) is 100 Å². The normalized spacial score (nSPS) is 8.92. The maximum Gasteiger partial charge on any atom is 0.303 e. The molecule has 0 fully saturated rings. The van der Waals surface area contributed by atoms with Gasteiger partial charge in [-0.05, 0) is 62.1 Å². The highest BCUT2D eigenvalue weighted by Crippen LogP contribution is 1.98. The molecule has 0 atom stereocenters. The van der Waals surface area contributed by atoms with Crippen LogP contribution in [0.5, 0.6) is 0 Å². The summed E-state index contributed by atoms with van der Waals surface area (Å²) in [6, 6.07) is 7.89. The standard InChI is InChI=1S/2C6H7N.C6H10O4/c2*1-6-2-4-7-5-3-6;7-5(8)3-1-2-4-6(9)10/h2*2-5H,1H3;1-4H2,(H,7,8)(H,9,10). The van der Waals surface area contributed by atoms with Crippen LogP contribution in [-0.4, -0.2) is 32.1 Å². The average molecular weight is 332 g/mol. The summed E-state index contributed by atoms with van der Waals surface area (Å²) in [6.07, 6.45) is 8.17. The molecule has 0 aromatic carbocycles. The summed E-state index contributed by atoms with van der Waals surface area (Å²) in [5.74, 6) is -1.74. The lowest BCUT2D eigenvalue weighted by Crippen LogP contribution is -1.97. The number of hydrogen-bond acceptors (Lipinski definition) is 4. The Balaban J connectivity index is 0.000000337. The molecule has 0 bridgehead atoms. The molecule has 0 saturated heterocycles. The van der Waals surface area contributed by atoms with Gasteiger partial charge in [0.25, 0.3) is 0 Å². The first-order valence-corrected chi connectivity index (χ1v) is 7.58. The molecule has 0 spiro atoms. The highest BCUT2D eigenvalue weighted by Gasteiger charge is 1.99. The molecule has 2 aromatic rings. The number of carbonyl (C=O) groups is 2. The molecule has 0 aliphatic carbocycles. The Morgan fingerprint density at radius 1 is 0.750 bits per heavy atom. The van der Waals surface area contributed by atoms with Crippen molar-refractivity contribution in [1.29, 1.82) is 0 Å². The number of nitrogens with zero attached hydrogens (tertiary/aromatic N) is 2. The van der Waals surface area contributed by atoms with Gasteiger partial charge in [-0.25, -0.2) is 0 Å². The van der Waals surface area contributed by atoms with Crippen molar-refractivity contribution in [3.63, 3.8) is 0 Å². The van der Waals surface area contributed by atoms with Gasteiger partial charge in [0.1, 0.15) is 0 Å². The third-order valence-corrected chi connectivity index (χ3v) is 2.73. The summed E-state index contributed by atoms with van der Waals surface area (Å²) in [5, 5.41) is 16.3. The summed E-state index contributed by atoms with van der Waals surface area (Å²) in [6.45, 7) is 4.09. The molecule has 24 heavy (non-hydrogen) atoms. The Kier molecular flexibility index (Phi) is 12.3. The van der Waals surface area contributed by atoms with E-state index in [1.807, 2.05) is 38.1 Å². The van der Waals surface area contributed by atoms with E-state index in [9.17, 15) is 9.59 Å². The van der Waals surface area contributed by atoms with E-state index in [1.54, 1.807) is 24.8 Å². The maximum absolute atomic E-state index is 9.90. The number of hydrogen-bond donors (Lipinski definition) is 2. The number of aliphatic carboxylic acids is 2. The Labute approximate surface area is 142 Å². The second-order valence-corrected chi connectivity index (χ2v) is 5.04. The second kappa shape index (κ2) is 13.9. The smallest absolute Gasteiger partial charge is 0.303 e. The first kappa shape index (κ1) is 21.2. The summed E-state index contributed by atoms with van der Waals surface area (Å²) in [4.78, 5) is 27.5. The lowest BCUT2D eigenvalue weighted by molar-refractivity contribution is -0.139. The van der Waals surface area contributed by atoms with Crippen molar-refractivity contribution in [3.05, 3.63) is 60.2 Å². The molecule has 6 nitrogen and oxygen atoms in total. The third kappa shape index (κ3) is 15.6. The van der Waals surface area contributed by atoms with E-state index < -0.39 is 11.9 Å². The van der Waals surface area contributed by atoms with Gasteiger partial charge in [0.15, 0.2) is 0 Å². The van der Waals surface area contributed by atoms with Gasteiger partial charge in [0.05, 0.1) is 0 Å². The fourth-order valence-electron chi connectivity index (χ4n) is 1.41. The number of carboxylic acids is 2. The van der Waals surface area contributed by atoms with E-state index >= 15 is 0 Å². The summed E-state index contributed by atoms with van der Waals surface area (Å²) >= 11 is 0. The predicted octanol–water partition coefficient (Wildman–Crippen LogP) is 3.50. The van der Waals surface area contributed by atoms with Crippen molar-refractivity contribution >= 4 is 11.9 Å². The van der Waals surface area contributed by atoms with Crippen molar-refractivity contribution in [2.75, 3.05) is 0 Å². The monoisotopic (exact) mass is 332 g/mol. The van der Waals surface area contributed by atoms with Gasteiger partial charge in [0, 0.05) is 37.6 Å². The van der Waals surface area contributed by atoms with E-state index in [0.29, 0.717) is 12.8 Å². The highest BCUT2D eigenvalue weighted by molar-refractivity contribution is 5.67. The molecular weight excluding hydrogens is 308 g/mol. The minimum Gasteiger partial charge on any atom is -0.481 e. The van der Waals surface area contributed by atoms with Gasteiger partial charge in [-0.3, -0.25) is 19.6 Å². The van der Waals surface area contributed by atoms with Crippen LogP contribution in [0.3, 0.4) is 0 Å². The van der Waals surface area contributed by atoms with Crippen LogP contribution >= 0.6 is 0 Å². The number of carboxylic acid groups (broad SMARTS) is 2. The van der Waals surface area contributed by atoms with Gasteiger partial charge >= 0.3 is 11.9 Å². The molecule has 0 aliphatic rings. The average Bonchev–Trinajstić information content (AvgIpc) is 2.54. The van der Waals surface area contributed by atoms with E-state index in [-0.39, 0.29) is 12.8 Å². The fourth-order valence-corrected chi connectivity index (χ4v) is 1.41. The second-order valence-electron chi connectivity index (χ2n) is 5.04. The Bertz CT molecular complexity index is 521. The zero-order valence-corrected chi connectivity index (χ0v) is 14.1.